The highest BCUT2D eigenvalue weighted by Gasteiger charge is 2.08. The minimum atomic E-state index is 1.04. The first-order chi connectivity index (χ1) is 21.3. The number of hydrogen-bond acceptors (Lipinski definition) is 3. The average molecular weight is 552 g/mol. The molecule has 3 heteroatoms. The van der Waals surface area contributed by atoms with Gasteiger partial charge in [0.15, 0.2) is 0 Å². The van der Waals surface area contributed by atoms with Crippen molar-refractivity contribution in [3.63, 3.8) is 0 Å². The van der Waals surface area contributed by atoms with Crippen LogP contribution in [0.3, 0.4) is 0 Å². The SMILES string of the molecule is c1ccc2c(c1)cc(Nc1ccc(Nc3ccc(Nc4cc5ccccc5c5ccccc45)cc3)cc1)c1ccccc12. The normalized spacial score (nSPS) is 11.3. The summed E-state index contributed by atoms with van der Waals surface area (Å²) in [4.78, 5) is 0. The van der Waals surface area contributed by atoms with Gasteiger partial charge in [-0.15, -0.1) is 0 Å². The summed E-state index contributed by atoms with van der Waals surface area (Å²) >= 11 is 0. The van der Waals surface area contributed by atoms with Gasteiger partial charge in [-0.05, 0) is 93.0 Å². The molecule has 0 atom stereocenters. The van der Waals surface area contributed by atoms with Crippen LogP contribution in [0, 0.1) is 0 Å². The minimum absolute atomic E-state index is 1.04. The van der Waals surface area contributed by atoms with Crippen LogP contribution in [-0.4, -0.2) is 0 Å². The number of anilines is 6. The molecule has 0 fully saturated rings. The quantitative estimate of drug-likeness (QED) is 0.180. The standard InChI is InChI=1S/C40H29N3/c1-3-11-33-27(9-1)25-39(37-15-7-5-13-35(33)37)42-31-21-17-29(18-22-31)41-30-19-23-32(24-20-30)43-40-26-28-10-2-4-12-34(28)36-14-6-8-16-38(36)40/h1-26,41-43H. The maximum absolute atomic E-state index is 3.65. The van der Waals surface area contributed by atoms with E-state index in [4.69, 9.17) is 0 Å². The second-order valence-corrected chi connectivity index (χ2v) is 10.9. The van der Waals surface area contributed by atoms with Gasteiger partial charge in [0.2, 0.25) is 0 Å². The van der Waals surface area contributed by atoms with Crippen LogP contribution in [0.15, 0.2) is 158 Å². The Morgan fingerprint density at radius 2 is 0.558 bits per heavy atom. The lowest BCUT2D eigenvalue weighted by Gasteiger charge is -2.14. The van der Waals surface area contributed by atoms with Gasteiger partial charge in [-0.25, -0.2) is 0 Å². The first kappa shape index (κ1) is 25.0. The lowest BCUT2D eigenvalue weighted by Crippen LogP contribution is -1.95. The van der Waals surface area contributed by atoms with Gasteiger partial charge in [0.1, 0.15) is 0 Å². The van der Waals surface area contributed by atoms with E-state index < -0.39 is 0 Å². The fraction of sp³-hybridized carbons (Fsp3) is 0. The van der Waals surface area contributed by atoms with E-state index in [9.17, 15) is 0 Å². The van der Waals surface area contributed by atoms with Crippen LogP contribution in [0.2, 0.25) is 0 Å². The van der Waals surface area contributed by atoms with E-state index in [0.29, 0.717) is 0 Å². The minimum Gasteiger partial charge on any atom is -0.356 e. The number of fused-ring (bicyclic) bond motifs is 6. The zero-order valence-corrected chi connectivity index (χ0v) is 23.5. The largest absolute Gasteiger partial charge is 0.356 e. The first-order valence-electron chi connectivity index (χ1n) is 14.6. The Bertz CT molecular complexity index is 2090. The van der Waals surface area contributed by atoms with E-state index >= 15 is 0 Å². The van der Waals surface area contributed by atoms with Crippen molar-refractivity contribution in [1.29, 1.82) is 0 Å². The summed E-state index contributed by atoms with van der Waals surface area (Å²) in [5.41, 5.74) is 6.39. The van der Waals surface area contributed by atoms with E-state index in [1.807, 2.05) is 0 Å². The fourth-order valence-corrected chi connectivity index (χ4v) is 6.07. The van der Waals surface area contributed by atoms with E-state index in [1.165, 1.54) is 43.1 Å². The van der Waals surface area contributed by atoms with Gasteiger partial charge in [-0.1, -0.05) is 97.1 Å². The molecule has 0 radical (unpaired) electrons. The molecule has 0 saturated carbocycles. The maximum Gasteiger partial charge on any atom is 0.0470 e. The van der Waals surface area contributed by atoms with Crippen molar-refractivity contribution >= 4 is 77.2 Å². The Hall–Kier alpha value is -5.80. The van der Waals surface area contributed by atoms with Gasteiger partial charge >= 0.3 is 0 Å². The zero-order chi connectivity index (χ0) is 28.6. The van der Waals surface area contributed by atoms with Crippen molar-refractivity contribution in [3.05, 3.63) is 158 Å². The van der Waals surface area contributed by atoms with Gasteiger partial charge in [0, 0.05) is 44.9 Å². The highest BCUT2D eigenvalue weighted by atomic mass is 14.9. The summed E-state index contributed by atoms with van der Waals surface area (Å²) in [6, 6.07) is 55.7. The number of nitrogens with one attached hydrogen (secondary N) is 3. The molecule has 8 rings (SSSR count). The molecular formula is C40H29N3. The summed E-state index contributed by atoms with van der Waals surface area (Å²) in [6.07, 6.45) is 0. The zero-order valence-electron chi connectivity index (χ0n) is 23.5. The lowest BCUT2D eigenvalue weighted by atomic mass is 10.00. The third kappa shape index (κ3) is 4.77. The van der Waals surface area contributed by atoms with Crippen LogP contribution in [0.4, 0.5) is 34.1 Å². The van der Waals surface area contributed by atoms with Gasteiger partial charge in [-0.3, -0.25) is 0 Å². The summed E-state index contributed by atoms with van der Waals surface area (Å²) in [6.45, 7) is 0. The molecule has 0 spiro atoms. The lowest BCUT2D eigenvalue weighted by molar-refractivity contribution is 1.52. The molecule has 8 aromatic rings. The molecule has 0 heterocycles. The Labute approximate surface area is 250 Å². The summed E-state index contributed by atoms with van der Waals surface area (Å²) in [5.74, 6) is 0. The third-order valence-electron chi connectivity index (χ3n) is 8.15. The van der Waals surface area contributed by atoms with Crippen molar-refractivity contribution in [1.82, 2.24) is 0 Å². The highest BCUT2D eigenvalue weighted by molar-refractivity contribution is 6.14. The number of hydrogen-bond donors (Lipinski definition) is 3. The Morgan fingerprint density at radius 3 is 0.953 bits per heavy atom. The van der Waals surface area contributed by atoms with Gasteiger partial charge in [0.25, 0.3) is 0 Å². The maximum atomic E-state index is 3.65. The molecule has 8 aromatic carbocycles. The first-order valence-corrected chi connectivity index (χ1v) is 14.6. The average Bonchev–Trinajstić information content (AvgIpc) is 3.07. The van der Waals surface area contributed by atoms with Crippen LogP contribution in [0.25, 0.3) is 43.1 Å². The molecule has 0 bridgehead atoms. The van der Waals surface area contributed by atoms with Gasteiger partial charge in [0.05, 0.1) is 0 Å². The molecule has 43 heavy (non-hydrogen) atoms. The van der Waals surface area contributed by atoms with E-state index in [2.05, 4.69) is 174 Å². The Balaban J connectivity index is 0.999. The third-order valence-corrected chi connectivity index (χ3v) is 8.15. The van der Waals surface area contributed by atoms with Crippen molar-refractivity contribution in [2.24, 2.45) is 0 Å². The molecule has 3 nitrogen and oxygen atoms in total. The van der Waals surface area contributed by atoms with Crippen LogP contribution >= 0.6 is 0 Å². The van der Waals surface area contributed by atoms with Crippen LogP contribution in [0.5, 0.6) is 0 Å². The summed E-state index contributed by atoms with van der Waals surface area (Å²) in [7, 11) is 0. The second kappa shape index (κ2) is 10.6. The second-order valence-electron chi connectivity index (χ2n) is 10.9. The van der Waals surface area contributed by atoms with E-state index in [1.54, 1.807) is 0 Å². The topological polar surface area (TPSA) is 36.1 Å². The molecule has 0 aliphatic carbocycles. The predicted molar refractivity (Wildman–Crippen MR) is 186 cm³/mol. The molecule has 0 unspecified atom stereocenters. The van der Waals surface area contributed by atoms with Crippen molar-refractivity contribution < 1.29 is 0 Å². The molecule has 3 N–H and O–H groups in total. The van der Waals surface area contributed by atoms with E-state index in [0.717, 1.165) is 34.1 Å². The molecular weight excluding hydrogens is 522 g/mol. The Morgan fingerprint density at radius 1 is 0.256 bits per heavy atom. The molecule has 0 amide bonds. The smallest absolute Gasteiger partial charge is 0.0470 e. The van der Waals surface area contributed by atoms with Crippen LogP contribution in [-0.2, 0) is 0 Å². The molecule has 0 aromatic heterocycles. The summed E-state index contributed by atoms with van der Waals surface area (Å²) in [5, 5.41) is 20.8. The highest BCUT2D eigenvalue weighted by Crippen LogP contribution is 2.35. The van der Waals surface area contributed by atoms with Gasteiger partial charge in [-0.2, -0.15) is 0 Å². The molecule has 0 aliphatic rings. The molecule has 204 valence electrons. The summed E-state index contributed by atoms with van der Waals surface area (Å²) < 4.78 is 0. The van der Waals surface area contributed by atoms with Crippen LogP contribution < -0.4 is 16.0 Å². The number of benzene rings is 8. The van der Waals surface area contributed by atoms with Gasteiger partial charge < -0.3 is 16.0 Å². The van der Waals surface area contributed by atoms with E-state index in [-0.39, 0.29) is 0 Å². The van der Waals surface area contributed by atoms with Crippen LogP contribution in [0.1, 0.15) is 0 Å². The van der Waals surface area contributed by atoms with Crippen molar-refractivity contribution in [2.75, 3.05) is 16.0 Å². The van der Waals surface area contributed by atoms with Crippen molar-refractivity contribution in [3.8, 4) is 0 Å². The Kier molecular flexibility index (Phi) is 6.12. The predicted octanol–water partition coefficient (Wildman–Crippen LogP) is 11.5. The monoisotopic (exact) mass is 551 g/mol. The molecule has 0 aliphatic heterocycles. The fourth-order valence-electron chi connectivity index (χ4n) is 6.07. The molecule has 0 saturated heterocycles. The van der Waals surface area contributed by atoms with Crippen molar-refractivity contribution in [2.45, 2.75) is 0 Å². The number of rotatable bonds is 6.